The molecule has 4 aromatic rings. The lowest BCUT2D eigenvalue weighted by Gasteiger charge is -2.37. The molecule has 1 aliphatic heterocycles. The number of benzene rings is 3. The van der Waals surface area contributed by atoms with Gasteiger partial charge < -0.3 is 4.98 Å². The smallest absolute Gasteiger partial charge is 0.338 e. The van der Waals surface area contributed by atoms with E-state index in [4.69, 9.17) is 0 Å². The topological polar surface area (TPSA) is 73.5 Å². The standard InChI is InChI=1S/C26H21N3O3/c30-24-22(15-19-16-27-23-14-8-7-13-21(19)23)25(31)29(20-11-5-2-6-12-20)26(32)28(24)17-18-9-3-1-4-10-18/h1-14,16,22,27H,15,17H2. The number of anilines is 1. The molecule has 0 saturated carbocycles. The van der Waals surface area contributed by atoms with Crippen molar-refractivity contribution in [1.82, 2.24) is 9.88 Å². The van der Waals surface area contributed by atoms with Crippen LogP contribution in [-0.2, 0) is 22.6 Å². The second kappa shape index (κ2) is 8.15. The van der Waals surface area contributed by atoms with E-state index in [-0.39, 0.29) is 13.0 Å². The monoisotopic (exact) mass is 423 g/mol. The van der Waals surface area contributed by atoms with Gasteiger partial charge in [-0.05, 0) is 35.7 Å². The molecule has 1 atom stereocenters. The molecule has 32 heavy (non-hydrogen) atoms. The van der Waals surface area contributed by atoms with Gasteiger partial charge in [-0.2, -0.15) is 0 Å². The molecule has 1 aliphatic rings. The summed E-state index contributed by atoms with van der Waals surface area (Å²) in [7, 11) is 0. The van der Waals surface area contributed by atoms with Crippen LogP contribution in [0.1, 0.15) is 11.1 Å². The molecule has 0 aliphatic carbocycles. The fourth-order valence-electron chi connectivity index (χ4n) is 4.18. The highest BCUT2D eigenvalue weighted by atomic mass is 16.2. The Morgan fingerprint density at radius 1 is 0.750 bits per heavy atom. The molecule has 1 fully saturated rings. The van der Waals surface area contributed by atoms with E-state index in [2.05, 4.69) is 4.98 Å². The van der Waals surface area contributed by atoms with Crippen LogP contribution in [0.5, 0.6) is 0 Å². The molecule has 5 rings (SSSR count). The van der Waals surface area contributed by atoms with Gasteiger partial charge in [-0.1, -0.05) is 66.7 Å². The third-order valence-electron chi connectivity index (χ3n) is 5.80. The molecule has 4 amide bonds. The third kappa shape index (κ3) is 3.46. The van der Waals surface area contributed by atoms with Crippen LogP contribution in [0.3, 0.4) is 0 Å². The van der Waals surface area contributed by atoms with E-state index in [1.165, 1.54) is 4.90 Å². The van der Waals surface area contributed by atoms with Crippen LogP contribution in [0, 0.1) is 5.92 Å². The van der Waals surface area contributed by atoms with E-state index in [1.54, 1.807) is 24.3 Å². The van der Waals surface area contributed by atoms with Gasteiger partial charge in [-0.15, -0.1) is 0 Å². The lowest BCUT2D eigenvalue weighted by Crippen LogP contribution is -2.60. The van der Waals surface area contributed by atoms with E-state index in [9.17, 15) is 14.4 Å². The molecule has 158 valence electrons. The number of carbonyl (C=O) groups is 3. The summed E-state index contributed by atoms with van der Waals surface area (Å²) in [4.78, 5) is 45.7. The number of imide groups is 2. The predicted octanol–water partition coefficient (Wildman–Crippen LogP) is 4.52. The number of nitrogens with zero attached hydrogens (tertiary/aromatic N) is 2. The molecule has 1 unspecified atom stereocenters. The van der Waals surface area contributed by atoms with Crippen molar-refractivity contribution in [3.63, 3.8) is 0 Å². The molecule has 6 nitrogen and oxygen atoms in total. The van der Waals surface area contributed by atoms with Gasteiger partial charge in [0, 0.05) is 17.1 Å². The molecule has 0 radical (unpaired) electrons. The SMILES string of the molecule is O=C1C(Cc2c[nH]c3ccccc23)C(=O)N(c2ccccc2)C(=O)N1Cc1ccccc1. The number of barbiturate groups is 1. The number of para-hydroxylation sites is 2. The maximum Gasteiger partial charge on any atom is 0.338 e. The van der Waals surface area contributed by atoms with Gasteiger partial charge in [0.1, 0.15) is 5.92 Å². The Balaban J connectivity index is 1.54. The van der Waals surface area contributed by atoms with E-state index in [1.807, 2.05) is 66.9 Å². The molecule has 3 aromatic carbocycles. The number of hydrogen-bond donors (Lipinski definition) is 1. The number of fused-ring (bicyclic) bond motifs is 1. The number of nitrogens with one attached hydrogen (secondary N) is 1. The number of carbonyl (C=O) groups excluding carboxylic acids is 3. The lowest BCUT2D eigenvalue weighted by molar-refractivity contribution is -0.141. The maximum atomic E-state index is 13.5. The zero-order chi connectivity index (χ0) is 22.1. The highest BCUT2D eigenvalue weighted by molar-refractivity contribution is 6.27. The summed E-state index contributed by atoms with van der Waals surface area (Å²) in [6.45, 7) is 0.111. The Hall–Kier alpha value is -4.19. The van der Waals surface area contributed by atoms with Crippen molar-refractivity contribution in [1.29, 1.82) is 0 Å². The molecule has 1 aromatic heterocycles. The third-order valence-corrected chi connectivity index (χ3v) is 5.80. The number of H-pyrrole nitrogens is 1. The summed E-state index contributed by atoms with van der Waals surface area (Å²) in [5.74, 6) is -1.96. The van der Waals surface area contributed by atoms with Crippen LogP contribution in [0.4, 0.5) is 10.5 Å². The number of aromatic nitrogens is 1. The van der Waals surface area contributed by atoms with Crippen LogP contribution < -0.4 is 4.90 Å². The van der Waals surface area contributed by atoms with E-state index >= 15 is 0 Å². The number of urea groups is 1. The lowest BCUT2D eigenvalue weighted by atomic mass is 9.93. The summed E-state index contributed by atoms with van der Waals surface area (Å²) in [5, 5.41) is 0.964. The first kappa shape index (κ1) is 19.8. The average Bonchev–Trinajstić information content (AvgIpc) is 3.24. The Morgan fingerprint density at radius 3 is 2.16 bits per heavy atom. The fraction of sp³-hybridized carbons (Fsp3) is 0.115. The zero-order valence-corrected chi connectivity index (χ0v) is 17.3. The van der Waals surface area contributed by atoms with Gasteiger partial charge in [0.25, 0.3) is 0 Å². The quantitative estimate of drug-likeness (QED) is 0.480. The van der Waals surface area contributed by atoms with Crippen LogP contribution >= 0.6 is 0 Å². The van der Waals surface area contributed by atoms with Crippen LogP contribution in [0.2, 0.25) is 0 Å². The Morgan fingerprint density at radius 2 is 1.41 bits per heavy atom. The van der Waals surface area contributed by atoms with Crippen molar-refractivity contribution >= 4 is 34.4 Å². The average molecular weight is 423 g/mol. The summed E-state index contributed by atoms with van der Waals surface area (Å²) in [6, 6.07) is 25.2. The van der Waals surface area contributed by atoms with E-state index < -0.39 is 23.8 Å². The van der Waals surface area contributed by atoms with Crippen molar-refractivity contribution in [3.05, 3.63) is 102 Å². The Labute approximate surface area is 185 Å². The first-order valence-electron chi connectivity index (χ1n) is 10.5. The van der Waals surface area contributed by atoms with Gasteiger partial charge in [-0.3, -0.25) is 14.5 Å². The summed E-state index contributed by atoms with van der Waals surface area (Å²) >= 11 is 0. The summed E-state index contributed by atoms with van der Waals surface area (Å²) < 4.78 is 0. The van der Waals surface area contributed by atoms with Gasteiger partial charge >= 0.3 is 6.03 Å². The zero-order valence-electron chi connectivity index (χ0n) is 17.3. The molecule has 0 spiro atoms. The van der Waals surface area contributed by atoms with E-state index in [0.717, 1.165) is 26.9 Å². The minimum atomic E-state index is -0.990. The number of hydrogen-bond acceptors (Lipinski definition) is 3. The van der Waals surface area contributed by atoms with Crippen LogP contribution in [-0.4, -0.2) is 27.7 Å². The second-order valence-corrected chi connectivity index (χ2v) is 7.82. The van der Waals surface area contributed by atoms with Gasteiger partial charge in [0.05, 0.1) is 12.2 Å². The normalized spacial score (nSPS) is 16.8. The minimum absolute atomic E-state index is 0.111. The van der Waals surface area contributed by atoms with Crippen LogP contribution in [0.25, 0.3) is 10.9 Å². The molecule has 6 heteroatoms. The van der Waals surface area contributed by atoms with E-state index in [0.29, 0.717) is 5.69 Å². The van der Waals surface area contributed by atoms with Gasteiger partial charge in [0.15, 0.2) is 0 Å². The summed E-state index contributed by atoms with van der Waals surface area (Å²) in [5.41, 5.74) is 3.09. The number of amides is 4. The van der Waals surface area contributed by atoms with Crippen LogP contribution in [0.15, 0.2) is 91.1 Å². The number of aromatic amines is 1. The maximum absolute atomic E-state index is 13.5. The first-order valence-corrected chi connectivity index (χ1v) is 10.5. The van der Waals surface area contributed by atoms with Crippen molar-refractivity contribution in [2.75, 3.05) is 4.90 Å². The van der Waals surface area contributed by atoms with Crippen molar-refractivity contribution < 1.29 is 14.4 Å². The highest BCUT2D eigenvalue weighted by Crippen LogP contribution is 2.30. The molecule has 1 N–H and O–H groups in total. The molecular weight excluding hydrogens is 402 g/mol. The Bertz CT molecular complexity index is 1300. The highest BCUT2D eigenvalue weighted by Gasteiger charge is 2.46. The van der Waals surface area contributed by atoms with Crippen molar-refractivity contribution in [2.45, 2.75) is 13.0 Å². The molecular formula is C26H21N3O3. The predicted molar refractivity (Wildman–Crippen MR) is 122 cm³/mol. The second-order valence-electron chi connectivity index (χ2n) is 7.82. The Kier molecular flexibility index (Phi) is 5.03. The minimum Gasteiger partial charge on any atom is -0.361 e. The van der Waals surface area contributed by atoms with Gasteiger partial charge in [0.2, 0.25) is 11.8 Å². The largest absolute Gasteiger partial charge is 0.361 e. The van der Waals surface area contributed by atoms with Crippen molar-refractivity contribution in [2.24, 2.45) is 5.92 Å². The summed E-state index contributed by atoms with van der Waals surface area (Å²) in [6.07, 6.45) is 2.04. The van der Waals surface area contributed by atoms with Crippen molar-refractivity contribution in [3.8, 4) is 0 Å². The molecule has 2 heterocycles. The molecule has 0 bridgehead atoms. The number of rotatable bonds is 5. The van der Waals surface area contributed by atoms with Gasteiger partial charge in [-0.25, -0.2) is 9.69 Å². The first-order chi connectivity index (χ1) is 15.6. The fourth-order valence-corrected chi connectivity index (χ4v) is 4.18. The molecule has 1 saturated heterocycles.